The van der Waals surface area contributed by atoms with Gasteiger partial charge in [0.25, 0.3) is 5.91 Å². The van der Waals surface area contributed by atoms with E-state index in [1.807, 2.05) is 12.1 Å². The number of methoxy groups -OCH3 is 1. The van der Waals surface area contributed by atoms with Crippen LogP contribution in [0.2, 0.25) is 0 Å². The molecule has 1 amide bonds. The number of carbonyl (C=O) groups is 1. The zero-order valence-corrected chi connectivity index (χ0v) is 13.8. The van der Waals surface area contributed by atoms with Crippen molar-refractivity contribution < 1.29 is 13.9 Å². The Morgan fingerprint density at radius 2 is 1.91 bits per heavy atom. The fraction of sp³-hybridized carbons (Fsp3) is 0.0588. The Morgan fingerprint density at radius 1 is 1.17 bits per heavy atom. The molecule has 0 aliphatic carbocycles. The fourth-order valence-corrected chi connectivity index (χ4v) is 2.51. The molecule has 2 N–H and O–H groups in total. The number of hydrogen-bond donors (Lipinski definition) is 1. The molecule has 0 radical (unpaired) electrons. The number of halogens is 1. The highest BCUT2D eigenvalue weighted by atomic mass is 79.9. The first-order chi connectivity index (χ1) is 11.1. The van der Waals surface area contributed by atoms with Gasteiger partial charge in [0, 0.05) is 9.86 Å². The van der Waals surface area contributed by atoms with Crippen LogP contribution in [-0.4, -0.2) is 13.0 Å². The Balaban J connectivity index is 2.21. The van der Waals surface area contributed by atoms with Gasteiger partial charge in [0.05, 0.1) is 12.8 Å². The number of carbonyl (C=O) groups excluding carboxylic acids is 1. The smallest absolute Gasteiger partial charge is 0.254 e. The van der Waals surface area contributed by atoms with Crippen LogP contribution in [0.4, 0.5) is 5.69 Å². The Hall–Kier alpha value is -2.60. The molecule has 0 saturated carbocycles. The normalized spacial score (nSPS) is 11.7. The molecule has 0 atom stereocenters. The van der Waals surface area contributed by atoms with Crippen LogP contribution in [0.3, 0.4) is 0 Å². The maximum atomic E-state index is 11.7. The molecule has 0 unspecified atom stereocenters. The van der Waals surface area contributed by atoms with E-state index in [-0.39, 0.29) is 11.1 Å². The van der Waals surface area contributed by atoms with Crippen LogP contribution in [0.5, 0.6) is 5.75 Å². The molecule has 1 aromatic heterocycles. The summed E-state index contributed by atoms with van der Waals surface area (Å²) < 4.78 is 11.7. The monoisotopic (exact) mass is 372 g/mol. The van der Waals surface area contributed by atoms with Crippen LogP contribution in [0.1, 0.15) is 10.4 Å². The molecule has 0 saturated heterocycles. The van der Waals surface area contributed by atoms with Gasteiger partial charge in [0.1, 0.15) is 16.9 Å². The Bertz CT molecular complexity index is 946. The van der Waals surface area contributed by atoms with E-state index in [2.05, 4.69) is 20.9 Å². The second-order valence-electron chi connectivity index (χ2n) is 4.82. The molecule has 5 nitrogen and oxygen atoms in total. The van der Waals surface area contributed by atoms with Crippen LogP contribution in [0.25, 0.3) is 11.0 Å². The van der Waals surface area contributed by atoms with Crippen LogP contribution in [0, 0.1) is 0 Å². The van der Waals surface area contributed by atoms with Crippen LogP contribution in [0.15, 0.2) is 62.4 Å². The molecule has 0 fully saturated rings. The number of hydrogen-bond acceptors (Lipinski definition) is 4. The molecular weight excluding hydrogens is 360 g/mol. The molecular formula is C17H13BrN2O3. The quantitative estimate of drug-likeness (QED) is 0.763. The zero-order valence-electron chi connectivity index (χ0n) is 12.2. The summed E-state index contributed by atoms with van der Waals surface area (Å²) in [6.45, 7) is 0. The van der Waals surface area contributed by atoms with Crippen molar-refractivity contribution in [1.82, 2.24) is 0 Å². The lowest BCUT2D eigenvalue weighted by atomic mass is 10.2. The summed E-state index contributed by atoms with van der Waals surface area (Å²) >= 11 is 3.39. The second kappa shape index (κ2) is 6.26. The van der Waals surface area contributed by atoms with Crippen molar-refractivity contribution in [3.05, 3.63) is 64.1 Å². The zero-order chi connectivity index (χ0) is 16.4. The van der Waals surface area contributed by atoms with E-state index in [4.69, 9.17) is 14.9 Å². The van der Waals surface area contributed by atoms with Crippen molar-refractivity contribution in [2.24, 2.45) is 10.7 Å². The topological polar surface area (TPSA) is 77.8 Å². The second-order valence-corrected chi connectivity index (χ2v) is 5.74. The summed E-state index contributed by atoms with van der Waals surface area (Å²) in [4.78, 5) is 16.1. The third-order valence-corrected chi connectivity index (χ3v) is 3.77. The molecule has 116 valence electrons. The van der Waals surface area contributed by atoms with Gasteiger partial charge in [0.15, 0.2) is 0 Å². The average Bonchev–Trinajstić information content (AvgIpc) is 2.55. The molecule has 3 rings (SSSR count). The van der Waals surface area contributed by atoms with Gasteiger partial charge in [-0.2, -0.15) is 0 Å². The summed E-state index contributed by atoms with van der Waals surface area (Å²) in [7, 11) is 1.59. The van der Waals surface area contributed by atoms with Gasteiger partial charge < -0.3 is 14.9 Å². The highest BCUT2D eigenvalue weighted by Gasteiger charge is 2.09. The van der Waals surface area contributed by atoms with Crippen molar-refractivity contribution >= 4 is 38.5 Å². The maximum absolute atomic E-state index is 11.7. The summed E-state index contributed by atoms with van der Waals surface area (Å²) in [5.74, 6) is 0.127. The number of nitrogens with two attached hydrogens (primary N) is 1. The summed E-state index contributed by atoms with van der Waals surface area (Å²) in [6.07, 6.45) is 0. The number of nitrogens with zero attached hydrogens (tertiary/aromatic N) is 1. The van der Waals surface area contributed by atoms with Gasteiger partial charge in [0.2, 0.25) is 5.55 Å². The summed E-state index contributed by atoms with van der Waals surface area (Å²) in [5.41, 5.74) is 7.11. The van der Waals surface area contributed by atoms with Gasteiger partial charge in [-0.25, -0.2) is 4.99 Å². The first kappa shape index (κ1) is 15.3. The molecule has 2 aromatic carbocycles. The summed E-state index contributed by atoms with van der Waals surface area (Å²) in [6, 6.07) is 14.3. The number of ether oxygens (including phenoxy) is 1. The summed E-state index contributed by atoms with van der Waals surface area (Å²) in [5, 5.41) is 0.766. The number of fused-ring (bicyclic) bond motifs is 1. The molecule has 1 heterocycles. The molecule has 23 heavy (non-hydrogen) atoms. The van der Waals surface area contributed by atoms with Gasteiger partial charge in [-0.15, -0.1) is 0 Å². The van der Waals surface area contributed by atoms with E-state index < -0.39 is 5.91 Å². The van der Waals surface area contributed by atoms with Crippen molar-refractivity contribution in [2.75, 3.05) is 7.11 Å². The number of benzene rings is 2. The molecule has 0 spiro atoms. The Morgan fingerprint density at radius 3 is 2.57 bits per heavy atom. The average molecular weight is 373 g/mol. The third kappa shape index (κ3) is 3.27. The largest absolute Gasteiger partial charge is 0.497 e. The first-order valence-corrected chi connectivity index (χ1v) is 7.58. The third-order valence-electron chi connectivity index (χ3n) is 3.28. The van der Waals surface area contributed by atoms with E-state index >= 15 is 0 Å². The van der Waals surface area contributed by atoms with Crippen LogP contribution in [-0.2, 0) is 0 Å². The van der Waals surface area contributed by atoms with Crippen LogP contribution < -0.4 is 16.0 Å². The van der Waals surface area contributed by atoms with Crippen LogP contribution >= 0.6 is 15.9 Å². The van der Waals surface area contributed by atoms with E-state index in [9.17, 15) is 4.79 Å². The van der Waals surface area contributed by atoms with Gasteiger partial charge in [-0.1, -0.05) is 15.9 Å². The lowest BCUT2D eigenvalue weighted by molar-refractivity contribution is 0.0996. The predicted molar refractivity (Wildman–Crippen MR) is 90.6 cm³/mol. The first-order valence-electron chi connectivity index (χ1n) is 6.79. The molecule has 6 heteroatoms. The molecule has 0 bridgehead atoms. The van der Waals surface area contributed by atoms with E-state index in [1.165, 1.54) is 0 Å². The van der Waals surface area contributed by atoms with Crippen molar-refractivity contribution in [1.29, 1.82) is 0 Å². The van der Waals surface area contributed by atoms with Crippen molar-refractivity contribution in [3.8, 4) is 5.75 Å². The minimum Gasteiger partial charge on any atom is -0.497 e. The SMILES string of the molecule is COc1ccc(N=c2oc3ccc(Br)cc3cc2C(N)=O)cc1. The minimum absolute atomic E-state index is 0.178. The molecule has 0 aliphatic rings. The standard InChI is InChI=1S/C17H13BrN2O3/c1-22-13-5-3-12(4-6-13)20-17-14(16(19)21)9-10-8-11(18)2-7-15(10)23-17/h2-9H,1H3,(H2,19,21). The van der Waals surface area contributed by atoms with E-state index in [0.29, 0.717) is 11.3 Å². The van der Waals surface area contributed by atoms with Gasteiger partial charge in [-0.3, -0.25) is 4.79 Å². The van der Waals surface area contributed by atoms with Gasteiger partial charge in [-0.05, 0) is 48.5 Å². The maximum Gasteiger partial charge on any atom is 0.254 e. The minimum atomic E-state index is -0.595. The fourth-order valence-electron chi connectivity index (χ4n) is 2.14. The van der Waals surface area contributed by atoms with Gasteiger partial charge >= 0.3 is 0 Å². The molecule has 0 aliphatic heterocycles. The Kier molecular flexibility index (Phi) is 4.16. The number of rotatable bonds is 3. The van der Waals surface area contributed by atoms with E-state index in [0.717, 1.165) is 15.6 Å². The van der Waals surface area contributed by atoms with Crippen molar-refractivity contribution in [2.45, 2.75) is 0 Å². The number of primary amides is 1. The lowest BCUT2D eigenvalue weighted by Crippen LogP contribution is -2.21. The molecule has 3 aromatic rings. The number of amides is 1. The van der Waals surface area contributed by atoms with Crippen molar-refractivity contribution in [3.63, 3.8) is 0 Å². The highest BCUT2D eigenvalue weighted by Crippen LogP contribution is 2.21. The van der Waals surface area contributed by atoms with E-state index in [1.54, 1.807) is 43.5 Å². The predicted octanol–water partition coefficient (Wildman–Crippen LogP) is 3.54. The lowest BCUT2D eigenvalue weighted by Gasteiger charge is -2.03. The Labute approximate surface area is 140 Å². The highest BCUT2D eigenvalue weighted by molar-refractivity contribution is 9.10.